The molecule has 38 heavy (non-hydrogen) atoms. The van der Waals surface area contributed by atoms with E-state index in [9.17, 15) is 18.0 Å². The first-order valence-corrected chi connectivity index (χ1v) is 15.2. The molecule has 0 fully saturated rings. The SMILES string of the molecule is CCCNC(=O)C(CC)N(Cc1ccc(Cl)cc1Cl)C(=O)CCCN(c1ccc(OC)c(Cl)c1)S(C)(=O)=O. The lowest BCUT2D eigenvalue weighted by Crippen LogP contribution is -2.49. The summed E-state index contributed by atoms with van der Waals surface area (Å²) in [5, 5.41) is 3.98. The Morgan fingerprint density at radius 2 is 1.76 bits per heavy atom. The third kappa shape index (κ3) is 8.93. The predicted molar refractivity (Wildman–Crippen MR) is 154 cm³/mol. The zero-order chi connectivity index (χ0) is 28.5. The van der Waals surface area contributed by atoms with Crippen LogP contribution in [0.5, 0.6) is 5.75 Å². The monoisotopic (exact) mass is 605 g/mol. The van der Waals surface area contributed by atoms with Crippen LogP contribution in [0.3, 0.4) is 0 Å². The molecule has 0 bridgehead atoms. The molecule has 0 radical (unpaired) electrons. The fourth-order valence-electron chi connectivity index (χ4n) is 3.93. The molecule has 1 unspecified atom stereocenters. The number of nitrogens with zero attached hydrogens (tertiary/aromatic N) is 2. The van der Waals surface area contributed by atoms with Gasteiger partial charge < -0.3 is 15.0 Å². The van der Waals surface area contributed by atoms with Crippen LogP contribution in [0.4, 0.5) is 5.69 Å². The molecule has 210 valence electrons. The smallest absolute Gasteiger partial charge is 0.242 e. The van der Waals surface area contributed by atoms with Crippen molar-refractivity contribution in [1.82, 2.24) is 10.2 Å². The first-order valence-electron chi connectivity index (χ1n) is 12.2. The molecular weight excluding hydrogens is 573 g/mol. The number of hydrogen-bond acceptors (Lipinski definition) is 5. The van der Waals surface area contributed by atoms with Gasteiger partial charge in [-0.25, -0.2) is 8.42 Å². The highest BCUT2D eigenvalue weighted by atomic mass is 35.5. The highest BCUT2D eigenvalue weighted by molar-refractivity contribution is 7.92. The number of methoxy groups -OCH3 is 1. The molecule has 0 saturated carbocycles. The van der Waals surface area contributed by atoms with E-state index in [0.717, 1.165) is 12.7 Å². The van der Waals surface area contributed by atoms with E-state index in [0.29, 0.717) is 40.0 Å². The summed E-state index contributed by atoms with van der Waals surface area (Å²) in [5.74, 6) is -0.128. The van der Waals surface area contributed by atoms with E-state index in [2.05, 4.69) is 5.32 Å². The van der Waals surface area contributed by atoms with Crippen molar-refractivity contribution in [2.45, 2.75) is 52.1 Å². The van der Waals surface area contributed by atoms with E-state index in [1.165, 1.54) is 22.4 Å². The summed E-state index contributed by atoms with van der Waals surface area (Å²) in [7, 11) is -2.19. The Balaban J connectivity index is 2.26. The van der Waals surface area contributed by atoms with E-state index < -0.39 is 16.1 Å². The molecule has 2 aromatic rings. The third-order valence-corrected chi connectivity index (χ3v) is 7.94. The lowest BCUT2D eigenvalue weighted by atomic mass is 10.1. The summed E-state index contributed by atoms with van der Waals surface area (Å²) in [6, 6.07) is 8.94. The van der Waals surface area contributed by atoms with E-state index in [-0.39, 0.29) is 42.8 Å². The molecule has 2 aromatic carbocycles. The summed E-state index contributed by atoms with van der Waals surface area (Å²) >= 11 is 18.6. The first-order chi connectivity index (χ1) is 17.9. The van der Waals surface area contributed by atoms with Crippen LogP contribution in [0.1, 0.15) is 45.1 Å². The number of ether oxygens (including phenoxy) is 1. The van der Waals surface area contributed by atoms with E-state index in [1.807, 2.05) is 13.8 Å². The topological polar surface area (TPSA) is 96.0 Å². The van der Waals surface area contributed by atoms with Gasteiger partial charge in [-0.05, 0) is 55.2 Å². The van der Waals surface area contributed by atoms with Gasteiger partial charge in [0.1, 0.15) is 11.8 Å². The van der Waals surface area contributed by atoms with Crippen LogP contribution in [-0.2, 0) is 26.2 Å². The van der Waals surface area contributed by atoms with Crippen molar-refractivity contribution >= 4 is 62.3 Å². The highest BCUT2D eigenvalue weighted by Gasteiger charge is 2.29. The zero-order valence-electron chi connectivity index (χ0n) is 22.0. The number of nitrogens with one attached hydrogen (secondary N) is 1. The molecule has 0 heterocycles. The minimum absolute atomic E-state index is 0.0126. The molecular formula is C26H34Cl3N3O5S. The van der Waals surface area contributed by atoms with E-state index in [1.54, 1.807) is 30.3 Å². The summed E-state index contributed by atoms with van der Waals surface area (Å²) in [4.78, 5) is 27.9. The molecule has 0 aliphatic carbocycles. The maximum atomic E-state index is 13.5. The van der Waals surface area contributed by atoms with Gasteiger partial charge in [-0.3, -0.25) is 13.9 Å². The lowest BCUT2D eigenvalue weighted by molar-refractivity contribution is -0.141. The second-order valence-electron chi connectivity index (χ2n) is 8.73. The minimum Gasteiger partial charge on any atom is -0.495 e. The van der Waals surface area contributed by atoms with Gasteiger partial charge in [0.05, 0.1) is 24.1 Å². The van der Waals surface area contributed by atoms with Crippen molar-refractivity contribution in [2.75, 3.05) is 30.8 Å². The minimum atomic E-state index is -3.66. The van der Waals surface area contributed by atoms with Crippen molar-refractivity contribution in [2.24, 2.45) is 0 Å². The quantitative estimate of drug-likeness (QED) is 0.305. The fourth-order valence-corrected chi connectivity index (χ4v) is 5.61. The number of anilines is 1. The van der Waals surface area contributed by atoms with Crippen molar-refractivity contribution in [3.05, 3.63) is 57.0 Å². The Morgan fingerprint density at radius 3 is 2.32 bits per heavy atom. The number of halogens is 3. The summed E-state index contributed by atoms with van der Waals surface area (Å²) in [6.07, 6.45) is 2.47. The van der Waals surface area contributed by atoms with Gasteiger partial charge in [-0.15, -0.1) is 0 Å². The van der Waals surface area contributed by atoms with Crippen molar-refractivity contribution in [3.63, 3.8) is 0 Å². The predicted octanol–water partition coefficient (Wildman–Crippen LogP) is 5.54. The van der Waals surface area contributed by atoms with Gasteiger partial charge in [-0.2, -0.15) is 0 Å². The van der Waals surface area contributed by atoms with Crippen LogP contribution in [0, 0.1) is 0 Å². The van der Waals surface area contributed by atoms with E-state index >= 15 is 0 Å². The van der Waals surface area contributed by atoms with Crippen LogP contribution in [0.2, 0.25) is 15.1 Å². The molecule has 2 amide bonds. The number of sulfonamides is 1. The Kier molecular flexibility index (Phi) is 12.5. The molecule has 0 spiro atoms. The van der Waals surface area contributed by atoms with Gasteiger partial charge in [-0.1, -0.05) is 54.7 Å². The standard InChI is InChI=1S/C26H34Cl3N3O5S/c1-5-13-30-26(34)23(6-2)31(17-18-9-10-19(27)15-21(18)28)25(33)8-7-14-32(38(4,35)36)20-11-12-24(37-3)22(29)16-20/h9-12,15-16,23H,5-8,13-14,17H2,1-4H3,(H,30,34). The number of carbonyl (C=O) groups is 2. The van der Waals surface area contributed by atoms with Crippen molar-refractivity contribution in [3.8, 4) is 5.75 Å². The van der Waals surface area contributed by atoms with Crippen molar-refractivity contribution < 1.29 is 22.7 Å². The van der Waals surface area contributed by atoms with Crippen LogP contribution >= 0.6 is 34.8 Å². The summed E-state index contributed by atoms with van der Waals surface area (Å²) < 4.78 is 31.4. The Hall–Kier alpha value is -2.20. The molecule has 0 aromatic heterocycles. The van der Waals surface area contributed by atoms with Crippen LogP contribution < -0.4 is 14.4 Å². The molecule has 1 atom stereocenters. The van der Waals surface area contributed by atoms with Gasteiger partial charge in [0.25, 0.3) is 0 Å². The van der Waals surface area contributed by atoms with Gasteiger partial charge in [0, 0.05) is 36.1 Å². The molecule has 1 N–H and O–H groups in total. The van der Waals surface area contributed by atoms with Gasteiger partial charge in [0.15, 0.2) is 0 Å². The van der Waals surface area contributed by atoms with E-state index in [4.69, 9.17) is 39.5 Å². The maximum Gasteiger partial charge on any atom is 0.242 e. The van der Waals surface area contributed by atoms with Crippen LogP contribution in [0.25, 0.3) is 0 Å². The Bertz CT molecular complexity index is 1230. The van der Waals surface area contributed by atoms with Crippen LogP contribution in [0.15, 0.2) is 36.4 Å². The molecule has 2 rings (SSSR count). The normalized spacial score (nSPS) is 12.1. The molecule has 0 aliphatic heterocycles. The average molecular weight is 607 g/mol. The number of hydrogen-bond donors (Lipinski definition) is 1. The first kappa shape index (κ1) is 32.0. The second-order valence-corrected chi connectivity index (χ2v) is 11.9. The molecule has 8 nitrogen and oxygen atoms in total. The molecule has 12 heteroatoms. The largest absolute Gasteiger partial charge is 0.495 e. The fraction of sp³-hybridized carbons (Fsp3) is 0.462. The molecule has 0 saturated heterocycles. The van der Waals surface area contributed by atoms with Gasteiger partial charge in [0.2, 0.25) is 21.8 Å². The van der Waals surface area contributed by atoms with Gasteiger partial charge >= 0.3 is 0 Å². The lowest BCUT2D eigenvalue weighted by Gasteiger charge is -2.31. The number of amides is 2. The van der Waals surface area contributed by atoms with Crippen LogP contribution in [-0.4, -0.2) is 57.6 Å². The summed E-state index contributed by atoms with van der Waals surface area (Å²) in [5.41, 5.74) is 1.01. The number of benzene rings is 2. The number of carbonyl (C=O) groups excluding carboxylic acids is 2. The third-order valence-electron chi connectivity index (χ3n) is 5.87. The van der Waals surface area contributed by atoms with Crippen molar-refractivity contribution in [1.29, 1.82) is 0 Å². The average Bonchev–Trinajstić information content (AvgIpc) is 2.85. The number of rotatable bonds is 14. The highest BCUT2D eigenvalue weighted by Crippen LogP contribution is 2.30. The summed E-state index contributed by atoms with van der Waals surface area (Å²) in [6.45, 7) is 4.42. The Morgan fingerprint density at radius 1 is 1.05 bits per heavy atom. The maximum absolute atomic E-state index is 13.5. The second kappa shape index (κ2) is 14.8. The molecule has 0 aliphatic rings. The zero-order valence-corrected chi connectivity index (χ0v) is 25.1. The Labute approximate surface area is 240 Å².